The molecule has 11 nitrogen and oxygen atoms in total. The van der Waals surface area contributed by atoms with Gasteiger partial charge in [-0.15, -0.1) is 11.3 Å². The van der Waals surface area contributed by atoms with Crippen LogP contribution >= 0.6 is 11.3 Å². The summed E-state index contributed by atoms with van der Waals surface area (Å²) in [5.41, 5.74) is 3.03. The number of benzene rings is 2. The first kappa shape index (κ1) is 30.2. The van der Waals surface area contributed by atoms with E-state index in [1.54, 1.807) is 17.8 Å². The molecule has 0 saturated heterocycles. The lowest BCUT2D eigenvalue weighted by Crippen LogP contribution is -2.44. The van der Waals surface area contributed by atoms with Crippen LogP contribution in [-0.4, -0.2) is 45.5 Å². The molecule has 0 radical (unpaired) electrons. The Morgan fingerprint density at radius 2 is 1.68 bits per heavy atom. The number of nitrogens with zero attached hydrogens (tertiary/aromatic N) is 4. The van der Waals surface area contributed by atoms with Gasteiger partial charge in [-0.05, 0) is 17.5 Å². The number of ether oxygens (including phenoxy) is 3. The predicted molar refractivity (Wildman–Crippen MR) is 162 cm³/mol. The molecule has 2 N–H and O–H groups in total. The van der Waals surface area contributed by atoms with Gasteiger partial charge in [0.1, 0.15) is 23.1 Å². The zero-order valence-electron chi connectivity index (χ0n) is 24.3. The van der Waals surface area contributed by atoms with E-state index in [0.29, 0.717) is 46.6 Å². The Hall–Kier alpha value is -5.23. The van der Waals surface area contributed by atoms with E-state index >= 15 is 0 Å². The van der Waals surface area contributed by atoms with Crippen molar-refractivity contribution in [3.8, 4) is 22.1 Å². The Labute approximate surface area is 258 Å². The van der Waals surface area contributed by atoms with Crippen LogP contribution in [-0.2, 0) is 24.5 Å². The quantitative estimate of drug-likeness (QED) is 0.0852. The molecule has 0 unspecified atom stereocenters. The summed E-state index contributed by atoms with van der Waals surface area (Å²) >= 11 is 1.23. The minimum Gasteiger partial charge on any atom is -0.484 e. The summed E-state index contributed by atoms with van der Waals surface area (Å²) in [5.74, 6) is -0.203. The molecule has 0 saturated carbocycles. The van der Waals surface area contributed by atoms with Crippen molar-refractivity contribution in [2.75, 3.05) is 13.7 Å². The highest BCUT2D eigenvalue weighted by Gasteiger charge is 2.30. The molecule has 2 aromatic carbocycles. The van der Waals surface area contributed by atoms with Crippen molar-refractivity contribution in [3.63, 3.8) is 0 Å². The Balaban J connectivity index is 1.23. The summed E-state index contributed by atoms with van der Waals surface area (Å²) in [6, 6.07) is 20.8. The van der Waals surface area contributed by atoms with Gasteiger partial charge in [0.25, 0.3) is 5.69 Å². The van der Waals surface area contributed by atoms with Crippen LogP contribution in [0.2, 0.25) is 0 Å². The van der Waals surface area contributed by atoms with Gasteiger partial charge in [0.05, 0.1) is 25.6 Å². The molecule has 0 aliphatic carbocycles. The van der Waals surface area contributed by atoms with E-state index in [9.17, 15) is 14.8 Å². The minimum absolute atomic E-state index is 0.0178. The van der Waals surface area contributed by atoms with Gasteiger partial charge in [0.15, 0.2) is 5.75 Å². The van der Waals surface area contributed by atoms with Crippen LogP contribution in [0.5, 0.6) is 11.5 Å². The fourth-order valence-electron chi connectivity index (χ4n) is 4.35. The molecule has 44 heavy (non-hydrogen) atoms. The molecular formula is C32H32N5O6S+. The van der Waals surface area contributed by atoms with E-state index in [2.05, 4.69) is 15.4 Å². The summed E-state index contributed by atoms with van der Waals surface area (Å²) in [5, 5.41) is 18.8. The van der Waals surface area contributed by atoms with Crippen molar-refractivity contribution in [1.82, 2.24) is 20.1 Å². The molecule has 0 aliphatic heterocycles. The third-order valence-electron chi connectivity index (χ3n) is 6.68. The molecule has 0 atom stereocenters. The summed E-state index contributed by atoms with van der Waals surface area (Å²) in [4.78, 5) is 29.6. The molecule has 0 aliphatic rings. The van der Waals surface area contributed by atoms with Crippen LogP contribution in [0.15, 0.2) is 85.3 Å². The Bertz CT molecular complexity index is 1720. The molecule has 5 rings (SSSR count). The number of amides is 1. The first-order chi connectivity index (χ1) is 21.4. The van der Waals surface area contributed by atoms with Crippen molar-refractivity contribution in [1.29, 1.82) is 0 Å². The Morgan fingerprint density at radius 3 is 2.36 bits per heavy atom. The minimum atomic E-state index is -0.464. The average Bonchev–Trinajstić information content (AvgIpc) is 3.74. The molecule has 0 bridgehead atoms. The Morgan fingerprint density at radius 1 is 1.00 bits per heavy atom. The summed E-state index contributed by atoms with van der Waals surface area (Å²) in [6.07, 6.45) is 5.57. The third-order valence-corrected chi connectivity index (χ3v) is 7.71. The number of carbonyl (C=O) groups is 2. The third kappa shape index (κ3) is 7.39. The SMILES string of the molecule is COC(=O)c1cnc(-c2cnn(CCCNC(=O)c3cc(OCc4ccccc4)c(OCc4ccccc4)c(C)[n+]3O)c2)s1. The topological polar surface area (TPSA) is 129 Å². The van der Waals surface area contributed by atoms with Crippen LogP contribution < -0.4 is 19.5 Å². The number of pyridine rings is 1. The van der Waals surface area contributed by atoms with E-state index in [0.717, 1.165) is 21.4 Å². The van der Waals surface area contributed by atoms with Crippen LogP contribution in [0.4, 0.5) is 0 Å². The number of thiazole rings is 1. The van der Waals surface area contributed by atoms with Gasteiger partial charge in [-0.3, -0.25) is 14.7 Å². The zero-order chi connectivity index (χ0) is 30.9. The number of rotatable bonds is 13. The number of aryl methyl sites for hydroxylation is 1. The van der Waals surface area contributed by atoms with Crippen LogP contribution in [0, 0.1) is 6.92 Å². The summed E-state index contributed by atoms with van der Waals surface area (Å²) in [6.45, 7) is 3.06. The number of esters is 1. The van der Waals surface area contributed by atoms with Gasteiger partial charge >= 0.3 is 17.6 Å². The zero-order valence-corrected chi connectivity index (χ0v) is 25.1. The number of nitrogens with one attached hydrogen (secondary N) is 1. The number of methoxy groups -OCH3 is 1. The van der Waals surface area contributed by atoms with E-state index in [1.807, 2.05) is 66.9 Å². The maximum atomic E-state index is 13.2. The van der Waals surface area contributed by atoms with E-state index < -0.39 is 11.9 Å². The smallest absolute Gasteiger partial charge is 0.349 e. The van der Waals surface area contributed by atoms with Gasteiger partial charge in [0, 0.05) is 36.5 Å². The molecule has 3 heterocycles. The van der Waals surface area contributed by atoms with E-state index in [4.69, 9.17) is 14.2 Å². The van der Waals surface area contributed by atoms with Crippen molar-refractivity contribution in [2.45, 2.75) is 33.1 Å². The first-order valence-corrected chi connectivity index (χ1v) is 14.7. The molecule has 0 fully saturated rings. The summed E-state index contributed by atoms with van der Waals surface area (Å²) < 4.78 is 19.5. The largest absolute Gasteiger partial charge is 0.484 e. The van der Waals surface area contributed by atoms with Gasteiger partial charge < -0.3 is 19.5 Å². The second-order valence-electron chi connectivity index (χ2n) is 9.79. The number of hydrogen-bond donors (Lipinski definition) is 2. The van der Waals surface area contributed by atoms with Crippen molar-refractivity contribution in [3.05, 3.63) is 113 Å². The predicted octanol–water partition coefficient (Wildman–Crippen LogP) is 4.60. The maximum absolute atomic E-state index is 13.2. The standard InChI is InChI=1S/C32H31N5O6S/c1-22-29(43-21-24-12-7-4-8-13-24)27(42-20-23-10-5-3-6-11-23)16-26(37(22)40)30(38)33-14-9-15-36-19-25(17-35-36)31-34-18-28(44-31)32(39)41-2/h3-8,10-13,16-19H,9,14-15,20-21H2,1-2H3,(H-,33,38,40)/p+1. The molecule has 3 aromatic heterocycles. The fraction of sp³-hybridized carbons (Fsp3) is 0.219. The van der Waals surface area contributed by atoms with Gasteiger partial charge in [-0.25, -0.2) is 9.78 Å². The van der Waals surface area contributed by atoms with Gasteiger partial charge in [-0.2, -0.15) is 5.10 Å². The van der Waals surface area contributed by atoms with Crippen LogP contribution in [0.3, 0.4) is 0 Å². The monoisotopic (exact) mass is 614 g/mol. The summed E-state index contributed by atoms with van der Waals surface area (Å²) in [7, 11) is 1.33. The highest BCUT2D eigenvalue weighted by molar-refractivity contribution is 7.16. The van der Waals surface area contributed by atoms with Crippen molar-refractivity contribution < 1.29 is 33.7 Å². The number of hydrogen-bond acceptors (Lipinski definition) is 9. The van der Waals surface area contributed by atoms with Gasteiger partial charge in [0.2, 0.25) is 5.75 Å². The highest BCUT2D eigenvalue weighted by atomic mass is 32.1. The molecule has 12 heteroatoms. The second kappa shape index (κ2) is 14.3. The highest BCUT2D eigenvalue weighted by Crippen LogP contribution is 2.31. The van der Waals surface area contributed by atoms with E-state index in [1.165, 1.54) is 30.7 Å². The molecular weight excluding hydrogens is 582 g/mol. The second-order valence-corrected chi connectivity index (χ2v) is 10.8. The Kier molecular flexibility index (Phi) is 9.82. The van der Waals surface area contributed by atoms with Crippen molar-refractivity contribution >= 4 is 23.2 Å². The lowest BCUT2D eigenvalue weighted by molar-refractivity contribution is -0.910. The average molecular weight is 615 g/mol. The molecule has 1 amide bonds. The number of aromatic nitrogens is 4. The molecule has 0 spiro atoms. The van der Waals surface area contributed by atoms with Crippen molar-refractivity contribution in [2.24, 2.45) is 0 Å². The van der Waals surface area contributed by atoms with Crippen LogP contribution in [0.25, 0.3) is 10.6 Å². The fourth-order valence-corrected chi connectivity index (χ4v) is 5.16. The van der Waals surface area contributed by atoms with Gasteiger partial charge in [-0.1, -0.05) is 60.7 Å². The number of carbonyl (C=O) groups excluding carboxylic acids is 2. The molecule has 5 aromatic rings. The maximum Gasteiger partial charge on any atom is 0.349 e. The lowest BCUT2D eigenvalue weighted by Gasteiger charge is -2.14. The first-order valence-electron chi connectivity index (χ1n) is 13.9. The lowest BCUT2D eigenvalue weighted by atomic mass is 10.2. The normalized spacial score (nSPS) is 10.8. The molecule has 226 valence electrons. The van der Waals surface area contributed by atoms with E-state index in [-0.39, 0.29) is 18.9 Å². The van der Waals surface area contributed by atoms with Crippen LogP contribution in [0.1, 0.15) is 43.4 Å².